The van der Waals surface area contributed by atoms with E-state index in [1.165, 1.54) is 6.42 Å². The van der Waals surface area contributed by atoms with E-state index < -0.39 is 0 Å². The van der Waals surface area contributed by atoms with Crippen molar-refractivity contribution in [2.45, 2.75) is 38.5 Å². The zero-order chi connectivity index (χ0) is 9.52. The van der Waals surface area contributed by atoms with E-state index in [9.17, 15) is 4.79 Å². The van der Waals surface area contributed by atoms with Crippen molar-refractivity contribution < 1.29 is 4.79 Å². The van der Waals surface area contributed by atoms with Gasteiger partial charge in [-0.05, 0) is 25.7 Å². The normalized spacial score (nSPS) is 15.9. The fraction of sp³-hybridized carbons (Fsp3) is 0.727. The molecule has 0 heterocycles. The van der Waals surface area contributed by atoms with E-state index in [2.05, 4.69) is 11.2 Å². The van der Waals surface area contributed by atoms with Crippen LogP contribution in [0, 0.1) is 18.3 Å². The van der Waals surface area contributed by atoms with Crippen LogP contribution in [0.15, 0.2) is 0 Å². The number of rotatable bonds is 5. The third-order valence-electron chi connectivity index (χ3n) is 2.52. The molecule has 0 aromatic heterocycles. The van der Waals surface area contributed by atoms with Gasteiger partial charge in [-0.15, -0.1) is 12.3 Å². The molecule has 0 radical (unpaired) electrons. The van der Waals surface area contributed by atoms with Crippen molar-refractivity contribution in [2.75, 3.05) is 6.54 Å². The molecule has 1 saturated carbocycles. The Hall–Kier alpha value is -0.970. The Kier molecular flexibility index (Phi) is 4.39. The molecule has 0 aliphatic heterocycles. The van der Waals surface area contributed by atoms with Crippen LogP contribution in [0.5, 0.6) is 0 Å². The lowest BCUT2D eigenvalue weighted by atomic mass is 9.85. The standard InChI is InChI=1S/C11H17NO/c1-2-3-4-5-9-12-11(13)10-7-6-8-10/h1,10H,3-9H2,(H,12,13). The van der Waals surface area contributed by atoms with Crippen molar-refractivity contribution in [3.8, 4) is 12.3 Å². The summed E-state index contributed by atoms with van der Waals surface area (Å²) in [6.07, 6.45) is 11.3. The van der Waals surface area contributed by atoms with Crippen LogP contribution in [0.25, 0.3) is 0 Å². The van der Waals surface area contributed by atoms with E-state index in [-0.39, 0.29) is 5.91 Å². The highest BCUT2D eigenvalue weighted by atomic mass is 16.1. The topological polar surface area (TPSA) is 29.1 Å². The number of terminal acetylenes is 1. The minimum atomic E-state index is 0.243. The minimum absolute atomic E-state index is 0.243. The monoisotopic (exact) mass is 179 g/mol. The van der Waals surface area contributed by atoms with Gasteiger partial charge in [0.25, 0.3) is 0 Å². The Morgan fingerprint density at radius 1 is 1.46 bits per heavy atom. The highest BCUT2D eigenvalue weighted by molar-refractivity contribution is 5.79. The summed E-state index contributed by atoms with van der Waals surface area (Å²) in [4.78, 5) is 11.3. The summed E-state index contributed by atoms with van der Waals surface area (Å²) in [5.41, 5.74) is 0. The highest BCUT2D eigenvalue weighted by Gasteiger charge is 2.24. The fourth-order valence-electron chi connectivity index (χ4n) is 1.38. The summed E-state index contributed by atoms with van der Waals surface area (Å²) < 4.78 is 0. The zero-order valence-corrected chi connectivity index (χ0v) is 8.01. The third-order valence-corrected chi connectivity index (χ3v) is 2.52. The van der Waals surface area contributed by atoms with Gasteiger partial charge in [0.15, 0.2) is 0 Å². The molecule has 72 valence electrons. The van der Waals surface area contributed by atoms with Crippen molar-refractivity contribution in [3.63, 3.8) is 0 Å². The van der Waals surface area contributed by atoms with Crippen molar-refractivity contribution in [1.29, 1.82) is 0 Å². The smallest absolute Gasteiger partial charge is 0.223 e. The van der Waals surface area contributed by atoms with Crippen LogP contribution < -0.4 is 5.32 Å². The molecule has 0 spiro atoms. The highest BCUT2D eigenvalue weighted by Crippen LogP contribution is 2.25. The van der Waals surface area contributed by atoms with Crippen molar-refractivity contribution in [2.24, 2.45) is 5.92 Å². The summed E-state index contributed by atoms with van der Waals surface area (Å²) in [7, 11) is 0. The van der Waals surface area contributed by atoms with Gasteiger partial charge in [-0.3, -0.25) is 4.79 Å². The summed E-state index contributed by atoms with van der Waals surface area (Å²) in [5.74, 6) is 3.14. The summed E-state index contributed by atoms with van der Waals surface area (Å²) in [6, 6.07) is 0. The summed E-state index contributed by atoms with van der Waals surface area (Å²) in [6.45, 7) is 0.789. The lowest BCUT2D eigenvalue weighted by molar-refractivity contribution is -0.127. The SMILES string of the molecule is C#CCCCCNC(=O)C1CCC1. The Labute approximate surface area is 80.1 Å². The molecule has 0 bridgehead atoms. The molecular weight excluding hydrogens is 162 g/mol. The average Bonchev–Trinajstić information content (AvgIpc) is 2.01. The van der Waals surface area contributed by atoms with E-state index in [1.807, 2.05) is 0 Å². The molecule has 2 heteroatoms. The van der Waals surface area contributed by atoms with E-state index in [0.717, 1.165) is 38.6 Å². The second-order valence-corrected chi connectivity index (χ2v) is 3.58. The number of carbonyl (C=O) groups is 1. The maximum Gasteiger partial charge on any atom is 0.223 e. The number of hydrogen-bond donors (Lipinski definition) is 1. The predicted octanol–water partition coefficient (Wildman–Crippen LogP) is 1.71. The average molecular weight is 179 g/mol. The summed E-state index contributed by atoms with van der Waals surface area (Å²) in [5, 5.41) is 2.94. The Bertz CT molecular complexity index is 201. The van der Waals surface area contributed by atoms with Gasteiger partial charge in [0.1, 0.15) is 0 Å². The fourth-order valence-corrected chi connectivity index (χ4v) is 1.38. The second kappa shape index (κ2) is 5.64. The van der Waals surface area contributed by atoms with Crippen LogP contribution in [0.1, 0.15) is 38.5 Å². The van der Waals surface area contributed by atoms with Gasteiger partial charge in [0.2, 0.25) is 5.91 Å². The van der Waals surface area contributed by atoms with Crippen LogP contribution in [-0.2, 0) is 4.79 Å². The van der Waals surface area contributed by atoms with Crippen molar-refractivity contribution in [1.82, 2.24) is 5.32 Å². The predicted molar refractivity (Wildman–Crippen MR) is 53.0 cm³/mol. The molecule has 0 aromatic rings. The molecule has 13 heavy (non-hydrogen) atoms. The number of carbonyl (C=O) groups excluding carboxylic acids is 1. The second-order valence-electron chi connectivity index (χ2n) is 3.58. The first-order chi connectivity index (χ1) is 6.34. The van der Waals surface area contributed by atoms with E-state index in [4.69, 9.17) is 6.42 Å². The Balaban J connectivity index is 1.93. The third kappa shape index (κ3) is 3.50. The Morgan fingerprint density at radius 3 is 2.77 bits per heavy atom. The maximum absolute atomic E-state index is 11.3. The molecule has 2 nitrogen and oxygen atoms in total. The van der Waals surface area contributed by atoms with Crippen LogP contribution in [0.3, 0.4) is 0 Å². The van der Waals surface area contributed by atoms with Gasteiger partial charge >= 0.3 is 0 Å². The quantitative estimate of drug-likeness (QED) is 0.505. The molecule has 1 N–H and O–H groups in total. The van der Waals surface area contributed by atoms with Gasteiger partial charge in [0.05, 0.1) is 0 Å². The molecule has 1 rings (SSSR count). The number of nitrogens with one attached hydrogen (secondary N) is 1. The molecule has 1 amide bonds. The van der Waals surface area contributed by atoms with Gasteiger partial charge < -0.3 is 5.32 Å². The molecule has 0 saturated heterocycles. The zero-order valence-electron chi connectivity index (χ0n) is 8.01. The first kappa shape index (κ1) is 10.1. The van der Waals surface area contributed by atoms with Crippen LogP contribution in [-0.4, -0.2) is 12.5 Å². The number of hydrogen-bond acceptors (Lipinski definition) is 1. The maximum atomic E-state index is 11.3. The number of unbranched alkanes of at least 4 members (excludes halogenated alkanes) is 2. The van der Waals surface area contributed by atoms with Gasteiger partial charge in [-0.2, -0.15) is 0 Å². The Morgan fingerprint density at radius 2 is 2.23 bits per heavy atom. The lowest BCUT2D eigenvalue weighted by Gasteiger charge is -2.23. The van der Waals surface area contributed by atoms with E-state index in [1.54, 1.807) is 0 Å². The molecular formula is C11H17NO. The molecule has 1 fully saturated rings. The molecule has 0 atom stereocenters. The number of amides is 1. The summed E-state index contributed by atoms with van der Waals surface area (Å²) >= 11 is 0. The first-order valence-corrected chi connectivity index (χ1v) is 5.06. The van der Waals surface area contributed by atoms with Gasteiger partial charge in [0, 0.05) is 18.9 Å². The molecule has 1 aliphatic carbocycles. The first-order valence-electron chi connectivity index (χ1n) is 5.06. The van der Waals surface area contributed by atoms with Crippen LogP contribution >= 0.6 is 0 Å². The van der Waals surface area contributed by atoms with E-state index in [0.29, 0.717) is 5.92 Å². The van der Waals surface area contributed by atoms with E-state index >= 15 is 0 Å². The minimum Gasteiger partial charge on any atom is -0.356 e. The van der Waals surface area contributed by atoms with Gasteiger partial charge in [-0.25, -0.2) is 0 Å². The van der Waals surface area contributed by atoms with Crippen molar-refractivity contribution in [3.05, 3.63) is 0 Å². The lowest BCUT2D eigenvalue weighted by Crippen LogP contribution is -2.34. The van der Waals surface area contributed by atoms with Gasteiger partial charge in [-0.1, -0.05) is 6.42 Å². The van der Waals surface area contributed by atoms with Crippen LogP contribution in [0.2, 0.25) is 0 Å². The van der Waals surface area contributed by atoms with Crippen LogP contribution in [0.4, 0.5) is 0 Å². The largest absolute Gasteiger partial charge is 0.356 e. The molecule has 1 aliphatic rings. The molecule has 0 aromatic carbocycles. The molecule has 0 unspecified atom stereocenters. The van der Waals surface area contributed by atoms with Crippen molar-refractivity contribution >= 4 is 5.91 Å².